The first kappa shape index (κ1) is 64.9. The zero-order chi connectivity index (χ0) is 62.4. The first-order valence-electron chi connectivity index (χ1n) is 26.9. The van der Waals surface area contributed by atoms with Gasteiger partial charge in [0.15, 0.2) is 0 Å². The van der Waals surface area contributed by atoms with Gasteiger partial charge in [0.2, 0.25) is 0 Å². The van der Waals surface area contributed by atoms with Crippen LogP contribution in [0, 0.1) is 20.8 Å². The minimum atomic E-state index is -1.18. The number of benzene rings is 3. The fourth-order valence-electron chi connectivity index (χ4n) is 8.79. The number of carboxylic acids is 1. The maximum absolute atomic E-state index is 12.3. The number of hydrogen-bond acceptors (Lipinski definition) is 19. The van der Waals surface area contributed by atoms with E-state index in [-0.39, 0.29) is 41.9 Å². The van der Waals surface area contributed by atoms with Crippen molar-refractivity contribution >= 4 is 115 Å². The van der Waals surface area contributed by atoms with Crippen molar-refractivity contribution in [3.63, 3.8) is 0 Å². The summed E-state index contributed by atoms with van der Waals surface area (Å²) in [7, 11) is 0. The lowest BCUT2D eigenvalue weighted by molar-refractivity contribution is 0.0651. The molecule has 26 heteroatoms. The SMILES string of the molecule is Cc1nc(N)ccc1CN.Cc1nc(N)ccc1CNC(=O)c1ncc(Cc2ccc3ncc(Cl)cc3c2)o1.Cc1nc(N)ccc1CNC(=O)c1ncc(Cc2ccc3ncc(Cl)cc3c2)o1.Cl.O=C(O)c1ncc(Cc2ccc3ncc(Cl)cc3c2)o1. The predicted octanol–water partition coefficient (Wildman–Crippen LogP) is 11.4. The molecule has 3 aromatic carbocycles. The van der Waals surface area contributed by atoms with E-state index in [0.717, 1.165) is 83.2 Å². The lowest BCUT2D eigenvalue weighted by Gasteiger charge is -2.06. The van der Waals surface area contributed by atoms with Gasteiger partial charge in [0.25, 0.3) is 11.8 Å². The summed E-state index contributed by atoms with van der Waals surface area (Å²) in [6.07, 6.45) is 10.8. The van der Waals surface area contributed by atoms with Crippen molar-refractivity contribution in [2.45, 2.75) is 59.7 Å². The molecule has 89 heavy (non-hydrogen) atoms. The van der Waals surface area contributed by atoms with E-state index in [1.807, 2.05) is 112 Å². The Morgan fingerprint density at radius 3 is 1.09 bits per heavy atom. The van der Waals surface area contributed by atoms with Crippen LogP contribution in [-0.2, 0) is 38.9 Å². The van der Waals surface area contributed by atoms with E-state index in [1.54, 1.807) is 49.2 Å². The van der Waals surface area contributed by atoms with E-state index < -0.39 is 5.97 Å². The zero-order valence-electron chi connectivity index (χ0n) is 47.9. The Kier molecular flexibility index (Phi) is 21.9. The summed E-state index contributed by atoms with van der Waals surface area (Å²) in [5, 5.41) is 18.9. The van der Waals surface area contributed by atoms with Gasteiger partial charge in [-0.25, -0.2) is 34.7 Å². The van der Waals surface area contributed by atoms with E-state index in [4.69, 9.17) is 76.1 Å². The lowest BCUT2D eigenvalue weighted by atomic mass is 10.1. The number of pyridine rings is 6. The third kappa shape index (κ3) is 18.0. The minimum absolute atomic E-state index is 0. The second-order valence-electron chi connectivity index (χ2n) is 19.8. The van der Waals surface area contributed by atoms with Gasteiger partial charge in [-0.05, 0) is 127 Å². The highest BCUT2D eigenvalue weighted by Crippen LogP contribution is 2.24. The number of nitrogens with two attached hydrogens (primary N) is 4. The number of anilines is 3. The molecule has 0 saturated heterocycles. The van der Waals surface area contributed by atoms with Gasteiger partial charge < -0.3 is 51.9 Å². The number of fused-ring (bicyclic) bond motifs is 3. The van der Waals surface area contributed by atoms with Crippen LogP contribution in [0.25, 0.3) is 32.7 Å². The molecule has 0 aliphatic rings. The van der Waals surface area contributed by atoms with Crippen LogP contribution in [0.2, 0.25) is 15.1 Å². The van der Waals surface area contributed by atoms with Crippen LogP contribution in [0.4, 0.5) is 17.5 Å². The van der Waals surface area contributed by atoms with E-state index >= 15 is 0 Å². The number of carbonyl (C=O) groups is 3. The normalized spacial score (nSPS) is 10.7. The molecule has 0 aliphatic heterocycles. The zero-order valence-corrected chi connectivity index (χ0v) is 51.0. The molecule has 22 nitrogen and oxygen atoms in total. The van der Waals surface area contributed by atoms with Gasteiger partial charge in [-0.15, -0.1) is 12.4 Å². The topological polar surface area (TPSA) is 355 Å². The molecular formula is C63H57Cl4N15O7. The number of amides is 2. The summed E-state index contributed by atoms with van der Waals surface area (Å²) in [6.45, 7) is 6.74. The highest BCUT2D eigenvalue weighted by molar-refractivity contribution is 6.31. The summed E-state index contributed by atoms with van der Waals surface area (Å²) in [6, 6.07) is 33.8. The lowest BCUT2D eigenvalue weighted by Crippen LogP contribution is -2.23. The van der Waals surface area contributed by atoms with Crippen LogP contribution in [0.5, 0.6) is 0 Å². The van der Waals surface area contributed by atoms with Crippen molar-refractivity contribution in [2.75, 3.05) is 17.2 Å². The number of nitrogens with zero attached hydrogens (tertiary/aromatic N) is 9. The van der Waals surface area contributed by atoms with Crippen LogP contribution < -0.4 is 33.6 Å². The van der Waals surface area contributed by atoms with Gasteiger partial charge in [0.1, 0.15) is 34.7 Å². The Morgan fingerprint density at radius 1 is 0.449 bits per heavy atom. The van der Waals surface area contributed by atoms with Gasteiger partial charge in [-0.1, -0.05) is 71.2 Å². The summed E-state index contributed by atoms with van der Waals surface area (Å²) < 4.78 is 16.4. The number of hydrogen-bond donors (Lipinski definition) is 7. The van der Waals surface area contributed by atoms with E-state index in [1.165, 1.54) is 6.20 Å². The summed E-state index contributed by atoms with van der Waals surface area (Å²) >= 11 is 17.9. The number of carboxylic acid groups (broad SMARTS) is 1. The fraction of sp³-hybridized carbons (Fsp3) is 0.143. The van der Waals surface area contributed by atoms with Crippen molar-refractivity contribution in [1.82, 2.24) is 55.5 Å². The molecule has 0 saturated carbocycles. The molecule has 9 aromatic heterocycles. The van der Waals surface area contributed by atoms with E-state index in [9.17, 15) is 14.4 Å². The maximum atomic E-state index is 12.3. The quantitative estimate of drug-likeness (QED) is 0.0532. The van der Waals surface area contributed by atoms with Gasteiger partial charge >= 0.3 is 23.7 Å². The smallest absolute Gasteiger partial charge is 0.392 e. The van der Waals surface area contributed by atoms with Crippen LogP contribution in [0.15, 0.2) is 160 Å². The van der Waals surface area contributed by atoms with Gasteiger partial charge in [0.05, 0.1) is 50.2 Å². The summed E-state index contributed by atoms with van der Waals surface area (Å²) in [5.74, 6) is 0.915. The number of aryl methyl sites for hydroxylation is 3. The number of oxazole rings is 3. The number of nitrogens with one attached hydrogen (secondary N) is 2. The van der Waals surface area contributed by atoms with Crippen molar-refractivity contribution in [3.8, 4) is 0 Å². The molecule has 0 bridgehead atoms. The van der Waals surface area contributed by atoms with Crippen LogP contribution >= 0.6 is 47.2 Å². The highest BCUT2D eigenvalue weighted by Gasteiger charge is 2.17. The Morgan fingerprint density at radius 2 is 0.775 bits per heavy atom. The Labute approximate surface area is 529 Å². The van der Waals surface area contributed by atoms with Gasteiger partial charge in [0, 0.05) is 90.7 Å². The molecule has 454 valence electrons. The molecule has 0 atom stereocenters. The first-order valence-corrected chi connectivity index (χ1v) is 28.1. The van der Waals surface area contributed by atoms with Crippen molar-refractivity contribution in [3.05, 3.63) is 247 Å². The molecule has 0 radical (unpaired) electrons. The number of halogens is 4. The third-order valence-corrected chi connectivity index (χ3v) is 13.9. The van der Waals surface area contributed by atoms with Crippen molar-refractivity contribution < 1.29 is 32.7 Å². The molecular weight excluding hydrogens is 1220 g/mol. The molecule has 0 spiro atoms. The molecule has 12 rings (SSSR count). The van der Waals surface area contributed by atoms with Crippen LogP contribution in [-0.4, -0.2) is 67.7 Å². The molecule has 12 aromatic rings. The third-order valence-electron chi connectivity index (χ3n) is 13.3. The Bertz CT molecular complexity index is 4310. The Hall–Kier alpha value is -10.1. The number of carbonyl (C=O) groups excluding carboxylic acids is 2. The highest BCUT2D eigenvalue weighted by atomic mass is 35.5. The Balaban J connectivity index is 0.000000161. The average molecular weight is 1280 g/mol. The minimum Gasteiger partial charge on any atom is -0.474 e. The van der Waals surface area contributed by atoms with Gasteiger partial charge in [-0.3, -0.25) is 24.5 Å². The largest absolute Gasteiger partial charge is 0.474 e. The average Bonchev–Trinajstić information content (AvgIpc) is 2.89. The summed E-state index contributed by atoms with van der Waals surface area (Å²) in [4.78, 5) is 72.4. The first-order chi connectivity index (χ1) is 42.3. The van der Waals surface area contributed by atoms with Crippen molar-refractivity contribution in [2.24, 2.45) is 5.73 Å². The number of aromatic nitrogens is 9. The second-order valence-corrected chi connectivity index (χ2v) is 21.1. The molecule has 2 amide bonds. The van der Waals surface area contributed by atoms with Gasteiger partial charge in [-0.2, -0.15) is 0 Å². The fourth-order valence-corrected chi connectivity index (χ4v) is 9.29. The monoisotopic (exact) mass is 1280 g/mol. The molecule has 9 heterocycles. The van der Waals surface area contributed by atoms with E-state index in [0.29, 0.717) is 88.7 Å². The number of nitrogen functional groups attached to an aromatic ring is 3. The molecule has 0 fully saturated rings. The molecule has 11 N–H and O–H groups in total. The summed E-state index contributed by atoms with van der Waals surface area (Å²) in [5.41, 5.74) is 33.0. The molecule has 0 aliphatic carbocycles. The standard InChI is InChI=1S/2C21H18ClN5O2.C14H9ClN2O3.C7H11N3.ClH/c2*1-12-14(3-5-19(23)27-12)9-25-20(28)21-26-11-17(29-21)7-13-2-4-18-15(6-13)8-16(22)10-24-18;15-10-5-9-3-8(1-2-12(9)16-6-10)4-11-7-17-13(20-11)14(18)19;1-5-6(4-8)2-3-7(9)10-5;/h2*2-6,8,10-11H,7,9H2,1H3,(H2,23,27)(H,25,28);1-3,5-7H,4H2,(H,18,19);2-3H,4,8H2,1H3,(H2,9,10);1H. The maximum Gasteiger partial charge on any atom is 0.392 e. The predicted molar refractivity (Wildman–Crippen MR) is 343 cm³/mol. The van der Waals surface area contributed by atoms with Crippen LogP contribution in [0.3, 0.4) is 0 Å². The van der Waals surface area contributed by atoms with Crippen LogP contribution in [0.1, 0.15) is 99.8 Å². The number of rotatable bonds is 14. The van der Waals surface area contributed by atoms with Crippen molar-refractivity contribution in [1.29, 1.82) is 0 Å². The number of aromatic carboxylic acids is 1. The molecule has 0 unspecified atom stereocenters. The van der Waals surface area contributed by atoms with E-state index in [2.05, 4.69) is 55.5 Å². The second kappa shape index (κ2) is 30.0.